The molecule has 8 nitrogen and oxygen atoms in total. The van der Waals surface area contributed by atoms with Crippen molar-refractivity contribution in [3.63, 3.8) is 0 Å². The molecule has 0 amide bonds. The molecule has 0 spiro atoms. The number of benzene rings is 1. The standard InChI is InChI=1S/C31H46O8S/c1-6-7-21-31(2,3)27(32)20-19-24-25(39-30(34)29(38-5)23-15-11-10-12-16-23)22-40(35,36)26(24)17-13-8-9-14-18-28(33)37-4/h10-12,15-16,19-20,24-26,29H,6-9,13-14,17-18,21-22H2,1-5H3/t24-,25+,26+,29?/m1/s1. The van der Waals surface area contributed by atoms with Crippen LogP contribution in [-0.2, 0) is 38.4 Å². The molecule has 1 aliphatic rings. The number of hydrogen-bond acceptors (Lipinski definition) is 8. The van der Waals surface area contributed by atoms with Gasteiger partial charge in [-0.1, -0.05) is 89.3 Å². The van der Waals surface area contributed by atoms with Gasteiger partial charge in [-0.2, -0.15) is 0 Å². The number of sulfone groups is 1. The number of esters is 2. The van der Waals surface area contributed by atoms with Crippen LogP contribution >= 0.6 is 0 Å². The summed E-state index contributed by atoms with van der Waals surface area (Å²) >= 11 is 0. The third-order valence-corrected chi connectivity index (χ3v) is 9.94. The van der Waals surface area contributed by atoms with Crippen molar-refractivity contribution < 1.29 is 37.0 Å². The number of allylic oxidation sites excluding steroid dienone is 1. The molecule has 2 rings (SSSR count). The minimum absolute atomic E-state index is 0.0732. The van der Waals surface area contributed by atoms with E-state index in [1.807, 2.05) is 19.9 Å². The monoisotopic (exact) mass is 578 g/mol. The molecule has 0 aromatic heterocycles. The number of methoxy groups -OCH3 is 2. The molecule has 4 atom stereocenters. The van der Waals surface area contributed by atoms with Crippen LogP contribution in [0.25, 0.3) is 0 Å². The average Bonchev–Trinajstić information content (AvgIpc) is 3.16. The fourth-order valence-electron chi connectivity index (χ4n) is 5.12. The minimum atomic E-state index is -3.59. The fourth-order valence-corrected chi connectivity index (χ4v) is 7.38. The zero-order valence-electron chi connectivity index (χ0n) is 24.6. The summed E-state index contributed by atoms with van der Waals surface area (Å²) in [6, 6.07) is 8.89. The first-order valence-corrected chi connectivity index (χ1v) is 16.0. The van der Waals surface area contributed by atoms with Crippen molar-refractivity contribution in [2.75, 3.05) is 20.0 Å². The van der Waals surface area contributed by atoms with Crippen LogP contribution in [0.4, 0.5) is 0 Å². The van der Waals surface area contributed by atoms with Gasteiger partial charge in [-0.25, -0.2) is 13.2 Å². The summed E-state index contributed by atoms with van der Waals surface area (Å²) in [6.07, 6.45) is 7.39. The number of hydrogen-bond donors (Lipinski definition) is 0. The van der Waals surface area contributed by atoms with Gasteiger partial charge in [0.05, 0.1) is 18.1 Å². The second kappa shape index (κ2) is 16.1. The summed E-state index contributed by atoms with van der Waals surface area (Å²) in [5.74, 6) is -1.95. The Morgan fingerprint density at radius 1 is 1.02 bits per heavy atom. The Morgan fingerprint density at radius 3 is 2.33 bits per heavy atom. The second-order valence-corrected chi connectivity index (χ2v) is 13.5. The van der Waals surface area contributed by atoms with E-state index in [4.69, 9.17) is 9.47 Å². The summed E-state index contributed by atoms with van der Waals surface area (Å²) in [6.45, 7) is 5.86. The molecule has 9 heteroatoms. The molecule has 0 bridgehead atoms. The van der Waals surface area contributed by atoms with E-state index in [1.165, 1.54) is 20.3 Å². The third-order valence-electron chi connectivity index (χ3n) is 7.68. The highest BCUT2D eigenvalue weighted by molar-refractivity contribution is 7.92. The molecule has 0 aliphatic carbocycles. The summed E-state index contributed by atoms with van der Waals surface area (Å²) in [5.41, 5.74) is 0.0408. The maximum atomic E-state index is 13.3. The van der Waals surface area contributed by atoms with Crippen molar-refractivity contribution in [3.05, 3.63) is 48.0 Å². The van der Waals surface area contributed by atoms with E-state index in [9.17, 15) is 22.8 Å². The van der Waals surface area contributed by atoms with Gasteiger partial charge < -0.3 is 14.2 Å². The maximum Gasteiger partial charge on any atom is 0.340 e. The molecule has 224 valence electrons. The molecule has 40 heavy (non-hydrogen) atoms. The van der Waals surface area contributed by atoms with Crippen LogP contribution in [0.15, 0.2) is 42.5 Å². The van der Waals surface area contributed by atoms with Crippen LogP contribution < -0.4 is 0 Å². The smallest absolute Gasteiger partial charge is 0.340 e. The van der Waals surface area contributed by atoms with Crippen molar-refractivity contribution in [2.24, 2.45) is 11.3 Å². The number of carbonyl (C=O) groups is 3. The Bertz CT molecular complexity index is 1090. The third kappa shape index (κ3) is 9.84. The van der Waals surface area contributed by atoms with Gasteiger partial charge in [0.2, 0.25) is 0 Å². The number of unbranched alkanes of at least 4 members (excludes halogenated alkanes) is 4. The van der Waals surface area contributed by atoms with Crippen LogP contribution in [0.2, 0.25) is 0 Å². The van der Waals surface area contributed by atoms with E-state index in [0.29, 0.717) is 31.2 Å². The lowest BCUT2D eigenvalue weighted by atomic mass is 9.82. The lowest BCUT2D eigenvalue weighted by Crippen LogP contribution is -2.31. The molecule has 0 radical (unpaired) electrons. The van der Waals surface area contributed by atoms with Crippen LogP contribution in [0.1, 0.15) is 90.2 Å². The van der Waals surface area contributed by atoms with Gasteiger partial charge in [0.15, 0.2) is 21.7 Å². The first-order chi connectivity index (χ1) is 19.0. The zero-order chi connectivity index (χ0) is 29.8. The van der Waals surface area contributed by atoms with Crippen molar-refractivity contribution in [3.8, 4) is 0 Å². The number of ether oxygens (including phenoxy) is 3. The first-order valence-electron chi connectivity index (χ1n) is 14.3. The van der Waals surface area contributed by atoms with Crippen molar-refractivity contribution >= 4 is 27.6 Å². The Kier molecular flexibility index (Phi) is 13.5. The molecule has 1 saturated heterocycles. The predicted molar refractivity (Wildman–Crippen MR) is 154 cm³/mol. The van der Waals surface area contributed by atoms with Gasteiger partial charge in [-0.3, -0.25) is 9.59 Å². The highest BCUT2D eigenvalue weighted by Gasteiger charge is 2.48. The SMILES string of the molecule is CCCCC(C)(C)C(=O)C=C[C@@H]1[C@@H](OC(=O)C(OC)c2ccccc2)CS(=O)(=O)[C@H]1CCCCCCC(=O)OC. The number of carbonyl (C=O) groups excluding carboxylic acids is 3. The quantitative estimate of drug-likeness (QED) is 0.134. The van der Waals surface area contributed by atoms with Crippen molar-refractivity contribution in [2.45, 2.75) is 96.0 Å². The molecule has 1 aromatic carbocycles. The van der Waals surface area contributed by atoms with Gasteiger partial charge in [-0.15, -0.1) is 0 Å². The van der Waals surface area contributed by atoms with Gasteiger partial charge in [0, 0.05) is 24.9 Å². The highest BCUT2D eigenvalue weighted by Crippen LogP contribution is 2.36. The van der Waals surface area contributed by atoms with E-state index >= 15 is 0 Å². The first kappa shape index (κ1) is 33.7. The van der Waals surface area contributed by atoms with Gasteiger partial charge >= 0.3 is 11.9 Å². The van der Waals surface area contributed by atoms with Crippen LogP contribution in [0.5, 0.6) is 0 Å². The molecular weight excluding hydrogens is 532 g/mol. The van der Waals surface area contributed by atoms with E-state index < -0.39 is 44.6 Å². The normalized spacial score (nSPS) is 21.3. The predicted octanol–water partition coefficient (Wildman–Crippen LogP) is 5.55. The molecule has 1 aromatic rings. The second-order valence-electron chi connectivity index (χ2n) is 11.2. The van der Waals surface area contributed by atoms with Gasteiger partial charge in [0.1, 0.15) is 6.10 Å². The molecule has 1 unspecified atom stereocenters. The lowest BCUT2D eigenvalue weighted by molar-refractivity contribution is -0.161. The molecular formula is C31H46O8S. The summed E-state index contributed by atoms with van der Waals surface area (Å²) in [7, 11) is -0.830. The fraction of sp³-hybridized carbons (Fsp3) is 0.645. The topological polar surface area (TPSA) is 113 Å². The van der Waals surface area contributed by atoms with Gasteiger partial charge in [-0.05, 0) is 30.9 Å². The van der Waals surface area contributed by atoms with E-state index in [2.05, 4.69) is 11.7 Å². The summed E-state index contributed by atoms with van der Waals surface area (Å²) < 4.78 is 42.5. The highest BCUT2D eigenvalue weighted by atomic mass is 32.2. The van der Waals surface area contributed by atoms with Gasteiger partial charge in [0.25, 0.3) is 0 Å². The molecule has 0 saturated carbocycles. The Hall–Kier alpha value is -2.52. The minimum Gasteiger partial charge on any atom is -0.469 e. The molecule has 1 heterocycles. The van der Waals surface area contributed by atoms with Crippen LogP contribution in [0.3, 0.4) is 0 Å². The lowest BCUT2D eigenvalue weighted by Gasteiger charge is -2.24. The molecule has 1 aliphatic heterocycles. The maximum absolute atomic E-state index is 13.3. The van der Waals surface area contributed by atoms with E-state index in [0.717, 1.165) is 32.1 Å². The van der Waals surface area contributed by atoms with E-state index in [1.54, 1.807) is 30.3 Å². The summed E-state index contributed by atoms with van der Waals surface area (Å²) in [5, 5.41) is -0.772. The number of ketones is 1. The van der Waals surface area contributed by atoms with Crippen molar-refractivity contribution in [1.29, 1.82) is 0 Å². The average molecular weight is 579 g/mol. The Labute approximate surface area is 239 Å². The van der Waals surface area contributed by atoms with Crippen LogP contribution in [-0.4, -0.2) is 57.5 Å². The molecule has 1 fully saturated rings. The summed E-state index contributed by atoms with van der Waals surface area (Å²) in [4.78, 5) is 37.6. The number of rotatable bonds is 17. The van der Waals surface area contributed by atoms with Crippen LogP contribution in [0, 0.1) is 11.3 Å². The Balaban J connectivity index is 2.22. The zero-order valence-corrected chi connectivity index (χ0v) is 25.4. The molecule has 0 N–H and O–H groups in total. The van der Waals surface area contributed by atoms with E-state index in [-0.39, 0.29) is 17.5 Å². The Morgan fingerprint density at radius 2 is 1.70 bits per heavy atom. The van der Waals surface area contributed by atoms with Crippen molar-refractivity contribution in [1.82, 2.24) is 0 Å². The largest absolute Gasteiger partial charge is 0.469 e.